The highest BCUT2D eigenvalue weighted by Gasteiger charge is 1.92. The zero-order valence-electron chi connectivity index (χ0n) is 5.56. The van der Waals surface area contributed by atoms with E-state index in [1.165, 1.54) is 0 Å². The van der Waals surface area contributed by atoms with E-state index in [0.717, 1.165) is 6.42 Å². The average Bonchev–Trinajstić information content (AvgIpc) is 1.89. The van der Waals surface area contributed by atoms with E-state index in [1.54, 1.807) is 0 Å². The van der Waals surface area contributed by atoms with Crippen LogP contribution in [0, 0.1) is 0 Å². The Morgan fingerprint density at radius 2 is 2.22 bits per heavy atom. The van der Waals surface area contributed by atoms with Gasteiger partial charge in [-0.25, -0.2) is 0 Å². The highest BCUT2D eigenvalue weighted by molar-refractivity contribution is 6.27. The molecule has 0 unspecified atom stereocenters. The number of rotatable bonds is 4. The van der Waals surface area contributed by atoms with Gasteiger partial charge in [0.2, 0.25) is 0 Å². The lowest BCUT2D eigenvalue weighted by molar-refractivity contribution is -0.115. The quantitative estimate of drug-likeness (QED) is 0.439. The Balaban J connectivity index is 3.26. The van der Waals surface area contributed by atoms with Crippen molar-refractivity contribution in [3.63, 3.8) is 0 Å². The summed E-state index contributed by atoms with van der Waals surface area (Å²) in [6.45, 7) is 2.03. The number of halogens is 1. The summed E-state index contributed by atoms with van der Waals surface area (Å²) in [7, 11) is 0. The number of ketones is 1. The molecule has 0 bridgehead atoms. The molecule has 0 radical (unpaired) electrons. The van der Waals surface area contributed by atoms with E-state index < -0.39 is 0 Å². The molecule has 0 amide bonds. The summed E-state index contributed by atoms with van der Waals surface area (Å²) in [4.78, 5) is 10.5. The number of allylic oxidation sites excluding steroid dienone is 2. The third-order valence-corrected chi connectivity index (χ3v) is 1.20. The number of carbonyl (C=O) groups is 1. The van der Waals surface area contributed by atoms with Crippen LogP contribution in [0.5, 0.6) is 0 Å². The van der Waals surface area contributed by atoms with Crippen molar-refractivity contribution in [2.45, 2.75) is 19.8 Å². The third kappa shape index (κ3) is 5.57. The molecule has 0 aliphatic rings. The van der Waals surface area contributed by atoms with E-state index in [2.05, 4.69) is 0 Å². The molecule has 0 aromatic rings. The Bertz CT molecular complexity index is 107. The molecular weight excluding hydrogens is 136 g/mol. The molecule has 0 spiro atoms. The van der Waals surface area contributed by atoms with Gasteiger partial charge in [-0.1, -0.05) is 19.1 Å². The molecule has 0 heterocycles. The van der Waals surface area contributed by atoms with Crippen LogP contribution in [0.2, 0.25) is 0 Å². The van der Waals surface area contributed by atoms with E-state index in [9.17, 15) is 4.79 Å². The Kier molecular flexibility index (Phi) is 5.64. The fourth-order valence-electron chi connectivity index (χ4n) is 0.436. The maximum atomic E-state index is 10.5. The topological polar surface area (TPSA) is 17.1 Å². The van der Waals surface area contributed by atoms with Gasteiger partial charge in [0.15, 0.2) is 5.78 Å². The molecule has 9 heavy (non-hydrogen) atoms. The number of hydrogen-bond donors (Lipinski definition) is 0. The predicted molar refractivity (Wildman–Crippen MR) is 39.8 cm³/mol. The van der Waals surface area contributed by atoms with Crippen molar-refractivity contribution >= 4 is 17.4 Å². The minimum Gasteiger partial charge on any atom is -0.298 e. The van der Waals surface area contributed by atoms with Gasteiger partial charge in [0, 0.05) is 6.42 Å². The van der Waals surface area contributed by atoms with E-state index in [0.29, 0.717) is 6.42 Å². The van der Waals surface area contributed by atoms with Crippen molar-refractivity contribution in [2.24, 2.45) is 0 Å². The molecule has 2 heteroatoms. The second-order valence-electron chi connectivity index (χ2n) is 1.76. The monoisotopic (exact) mass is 146 g/mol. The number of hydrogen-bond acceptors (Lipinski definition) is 1. The van der Waals surface area contributed by atoms with Crippen LogP contribution in [0.3, 0.4) is 0 Å². The van der Waals surface area contributed by atoms with Gasteiger partial charge in [-0.15, -0.1) is 11.6 Å². The van der Waals surface area contributed by atoms with E-state index >= 15 is 0 Å². The van der Waals surface area contributed by atoms with E-state index in [-0.39, 0.29) is 11.7 Å². The second kappa shape index (κ2) is 5.83. The van der Waals surface area contributed by atoms with Crippen LogP contribution in [0.4, 0.5) is 0 Å². The standard InChI is InChI=1S/C7H11ClO/c1-2-3-4-5-7(9)6-8/h3-4H,2,5-6H2,1H3/b4-3+. The summed E-state index contributed by atoms with van der Waals surface area (Å²) < 4.78 is 0. The molecule has 0 aliphatic heterocycles. The van der Waals surface area contributed by atoms with Crippen LogP contribution in [-0.4, -0.2) is 11.7 Å². The van der Waals surface area contributed by atoms with Gasteiger partial charge in [-0.05, 0) is 6.42 Å². The lowest BCUT2D eigenvalue weighted by Gasteiger charge is -1.85. The van der Waals surface area contributed by atoms with Gasteiger partial charge in [-0.3, -0.25) is 4.79 Å². The van der Waals surface area contributed by atoms with Crippen LogP contribution < -0.4 is 0 Å². The normalized spacial score (nSPS) is 10.4. The van der Waals surface area contributed by atoms with Gasteiger partial charge in [0.1, 0.15) is 0 Å². The van der Waals surface area contributed by atoms with Crippen LogP contribution in [0.1, 0.15) is 19.8 Å². The van der Waals surface area contributed by atoms with Crippen LogP contribution >= 0.6 is 11.6 Å². The Morgan fingerprint density at radius 1 is 1.56 bits per heavy atom. The summed E-state index contributed by atoms with van der Waals surface area (Å²) in [5.74, 6) is 0.218. The summed E-state index contributed by atoms with van der Waals surface area (Å²) >= 11 is 5.25. The van der Waals surface area contributed by atoms with Gasteiger partial charge in [0.25, 0.3) is 0 Å². The van der Waals surface area contributed by atoms with Crippen molar-refractivity contribution < 1.29 is 4.79 Å². The first-order valence-corrected chi connectivity index (χ1v) is 3.57. The number of Topliss-reactive ketones (excluding diaryl/α,β-unsaturated/α-hetero) is 1. The largest absolute Gasteiger partial charge is 0.298 e. The first-order chi connectivity index (χ1) is 4.31. The highest BCUT2D eigenvalue weighted by Crippen LogP contribution is 1.89. The molecule has 0 rings (SSSR count). The lowest BCUT2D eigenvalue weighted by Crippen LogP contribution is -1.95. The average molecular weight is 147 g/mol. The number of alkyl halides is 1. The summed E-state index contributed by atoms with van der Waals surface area (Å²) in [5, 5.41) is 0. The molecule has 0 saturated heterocycles. The van der Waals surface area contributed by atoms with Crippen LogP contribution in [-0.2, 0) is 4.79 Å². The van der Waals surface area contributed by atoms with Crippen molar-refractivity contribution in [1.82, 2.24) is 0 Å². The van der Waals surface area contributed by atoms with Gasteiger partial charge < -0.3 is 0 Å². The molecule has 0 saturated carbocycles. The minimum atomic E-state index is 0.0846. The Hall–Kier alpha value is -0.300. The number of carbonyl (C=O) groups excluding carboxylic acids is 1. The highest BCUT2D eigenvalue weighted by atomic mass is 35.5. The minimum absolute atomic E-state index is 0.0846. The van der Waals surface area contributed by atoms with E-state index in [1.807, 2.05) is 19.1 Å². The maximum absolute atomic E-state index is 10.5. The zero-order valence-corrected chi connectivity index (χ0v) is 6.32. The maximum Gasteiger partial charge on any atom is 0.151 e. The summed E-state index contributed by atoms with van der Waals surface area (Å²) in [6, 6.07) is 0. The van der Waals surface area contributed by atoms with Crippen molar-refractivity contribution in [3.05, 3.63) is 12.2 Å². The van der Waals surface area contributed by atoms with Crippen molar-refractivity contribution in [1.29, 1.82) is 0 Å². The summed E-state index contributed by atoms with van der Waals surface area (Å²) in [5.41, 5.74) is 0. The molecule has 0 fully saturated rings. The second-order valence-corrected chi connectivity index (χ2v) is 2.02. The fourth-order valence-corrected chi connectivity index (χ4v) is 0.545. The lowest BCUT2D eigenvalue weighted by atomic mass is 10.3. The van der Waals surface area contributed by atoms with E-state index in [4.69, 9.17) is 11.6 Å². The molecule has 0 aliphatic carbocycles. The summed E-state index contributed by atoms with van der Waals surface area (Å²) in [6.07, 6.45) is 5.28. The molecular formula is C7H11ClO. The van der Waals surface area contributed by atoms with Gasteiger partial charge in [-0.2, -0.15) is 0 Å². The molecule has 0 aromatic carbocycles. The fraction of sp³-hybridized carbons (Fsp3) is 0.571. The van der Waals surface area contributed by atoms with Crippen molar-refractivity contribution in [3.8, 4) is 0 Å². The molecule has 0 N–H and O–H groups in total. The SMILES string of the molecule is CC/C=C/CC(=O)CCl. The molecule has 1 nitrogen and oxygen atoms in total. The van der Waals surface area contributed by atoms with Gasteiger partial charge >= 0.3 is 0 Å². The first kappa shape index (κ1) is 8.70. The van der Waals surface area contributed by atoms with Crippen molar-refractivity contribution in [2.75, 3.05) is 5.88 Å². The molecule has 0 atom stereocenters. The Labute approximate surface area is 60.7 Å². The smallest absolute Gasteiger partial charge is 0.151 e. The predicted octanol–water partition coefficient (Wildman–Crippen LogP) is 2.15. The molecule has 52 valence electrons. The van der Waals surface area contributed by atoms with Crippen LogP contribution in [0.15, 0.2) is 12.2 Å². The third-order valence-electron chi connectivity index (χ3n) is 0.897. The van der Waals surface area contributed by atoms with Gasteiger partial charge in [0.05, 0.1) is 5.88 Å². The van der Waals surface area contributed by atoms with Crippen LogP contribution in [0.25, 0.3) is 0 Å². The molecule has 0 aromatic heterocycles. The first-order valence-electron chi connectivity index (χ1n) is 3.04. The zero-order chi connectivity index (χ0) is 7.11. The Morgan fingerprint density at radius 3 is 2.67 bits per heavy atom.